The summed E-state index contributed by atoms with van der Waals surface area (Å²) in [4.78, 5) is 27.5. The number of rotatable bonds is 4. The molecule has 1 saturated heterocycles. The molecule has 1 amide bonds. The topological polar surface area (TPSA) is 62.6 Å². The average Bonchev–Trinajstić information content (AvgIpc) is 2.99. The summed E-state index contributed by atoms with van der Waals surface area (Å²) in [7, 11) is 0. The van der Waals surface area contributed by atoms with Crippen LogP contribution in [0, 0.1) is 6.92 Å². The van der Waals surface area contributed by atoms with Crippen molar-refractivity contribution in [2.24, 2.45) is 0 Å². The largest absolute Gasteiger partial charge is 0.456 e. The van der Waals surface area contributed by atoms with Crippen LogP contribution in [0.1, 0.15) is 34.0 Å². The highest BCUT2D eigenvalue weighted by molar-refractivity contribution is 7.09. The smallest absolute Gasteiger partial charge is 0.287 e. The zero-order valence-corrected chi connectivity index (χ0v) is 13.9. The van der Waals surface area contributed by atoms with E-state index in [4.69, 9.17) is 4.42 Å². The van der Waals surface area contributed by atoms with Gasteiger partial charge in [-0.2, -0.15) is 0 Å². The number of hydrogen-bond acceptors (Lipinski definition) is 5. The third-order valence-corrected chi connectivity index (χ3v) is 4.78. The van der Waals surface area contributed by atoms with Gasteiger partial charge in [0.05, 0.1) is 0 Å². The molecule has 1 aliphatic heterocycles. The van der Waals surface area contributed by atoms with E-state index >= 15 is 0 Å². The Bertz CT molecular complexity index is 724. The number of thiophene rings is 1. The maximum atomic E-state index is 12.3. The van der Waals surface area contributed by atoms with Crippen LogP contribution in [0.15, 0.2) is 38.9 Å². The summed E-state index contributed by atoms with van der Waals surface area (Å²) >= 11 is 1.75. The Morgan fingerprint density at radius 1 is 1.48 bits per heavy atom. The number of aryl methyl sites for hydroxylation is 1. The van der Waals surface area contributed by atoms with Gasteiger partial charge in [-0.25, -0.2) is 0 Å². The molecule has 6 heteroatoms. The third-order valence-electron chi connectivity index (χ3n) is 3.91. The molecular weight excluding hydrogens is 312 g/mol. The van der Waals surface area contributed by atoms with Crippen LogP contribution in [0.3, 0.4) is 0 Å². The van der Waals surface area contributed by atoms with Gasteiger partial charge < -0.3 is 9.73 Å². The predicted molar refractivity (Wildman–Crippen MR) is 89.8 cm³/mol. The van der Waals surface area contributed by atoms with Crippen molar-refractivity contribution < 1.29 is 9.21 Å². The lowest BCUT2D eigenvalue weighted by atomic mass is 10.1. The quantitative estimate of drug-likeness (QED) is 0.934. The van der Waals surface area contributed by atoms with Crippen LogP contribution in [0.2, 0.25) is 0 Å². The number of nitrogens with zero attached hydrogens (tertiary/aromatic N) is 1. The monoisotopic (exact) mass is 332 g/mol. The molecule has 0 aliphatic carbocycles. The van der Waals surface area contributed by atoms with E-state index in [0.717, 1.165) is 32.5 Å². The second-order valence-electron chi connectivity index (χ2n) is 5.90. The Balaban J connectivity index is 1.60. The number of carbonyl (C=O) groups is 1. The number of hydrogen-bond donors (Lipinski definition) is 1. The molecule has 3 rings (SSSR count). The van der Waals surface area contributed by atoms with Gasteiger partial charge in [0.1, 0.15) is 5.76 Å². The van der Waals surface area contributed by atoms with Crippen LogP contribution in [0.4, 0.5) is 0 Å². The Hall–Kier alpha value is -1.92. The lowest BCUT2D eigenvalue weighted by Crippen LogP contribution is -2.47. The third kappa shape index (κ3) is 4.30. The van der Waals surface area contributed by atoms with Gasteiger partial charge in [-0.3, -0.25) is 14.5 Å². The van der Waals surface area contributed by atoms with E-state index < -0.39 is 0 Å². The van der Waals surface area contributed by atoms with Gasteiger partial charge >= 0.3 is 0 Å². The molecular formula is C17H20N2O3S. The first kappa shape index (κ1) is 16.0. The molecule has 5 nitrogen and oxygen atoms in total. The van der Waals surface area contributed by atoms with Crippen molar-refractivity contribution in [3.63, 3.8) is 0 Å². The second kappa shape index (κ2) is 7.10. The standard InChI is InChI=1S/C17H20N2O3S/c1-12-8-14(20)9-16(22-12)17(21)18-13-4-2-6-19(10-13)11-15-5-3-7-23-15/h3,5,7-9,13H,2,4,6,10-11H2,1H3,(H,18,21)/t13-/m0/s1. The maximum Gasteiger partial charge on any atom is 0.287 e. The zero-order valence-electron chi connectivity index (χ0n) is 13.1. The summed E-state index contributed by atoms with van der Waals surface area (Å²) in [6.45, 7) is 4.45. The minimum Gasteiger partial charge on any atom is -0.456 e. The van der Waals surface area contributed by atoms with Gasteiger partial charge in [0.2, 0.25) is 0 Å². The molecule has 23 heavy (non-hydrogen) atoms. The maximum absolute atomic E-state index is 12.3. The van der Waals surface area contributed by atoms with E-state index in [2.05, 4.69) is 27.7 Å². The highest BCUT2D eigenvalue weighted by Gasteiger charge is 2.23. The molecule has 1 fully saturated rings. The van der Waals surface area contributed by atoms with Gasteiger partial charge in [0.25, 0.3) is 5.91 Å². The van der Waals surface area contributed by atoms with Crippen molar-refractivity contribution in [2.75, 3.05) is 13.1 Å². The summed E-state index contributed by atoms with van der Waals surface area (Å²) in [5, 5.41) is 5.07. The van der Waals surface area contributed by atoms with Crippen molar-refractivity contribution in [3.8, 4) is 0 Å². The lowest BCUT2D eigenvalue weighted by molar-refractivity contribution is 0.0869. The molecule has 0 radical (unpaired) electrons. The summed E-state index contributed by atoms with van der Waals surface area (Å²) in [5.74, 6) is 0.227. The summed E-state index contributed by atoms with van der Waals surface area (Å²) < 4.78 is 5.35. The fraction of sp³-hybridized carbons (Fsp3) is 0.412. The van der Waals surface area contributed by atoms with Crippen molar-refractivity contribution in [1.29, 1.82) is 0 Å². The minimum absolute atomic E-state index is 0.0852. The minimum atomic E-state index is -0.311. The first-order valence-corrected chi connectivity index (χ1v) is 8.65. The van der Waals surface area contributed by atoms with Crippen LogP contribution < -0.4 is 10.7 Å². The normalized spacial score (nSPS) is 18.7. The molecule has 2 aromatic heterocycles. The molecule has 122 valence electrons. The zero-order chi connectivity index (χ0) is 16.2. The summed E-state index contributed by atoms with van der Waals surface area (Å²) in [6, 6.07) is 6.90. The van der Waals surface area contributed by atoms with E-state index in [-0.39, 0.29) is 23.1 Å². The van der Waals surface area contributed by atoms with Crippen molar-refractivity contribution in [2.45, 2.75) is 32.4 Å². The highest BCUT2D eigenvalue weighted by Crippen LogP contribution is 2.17. The molecule has 0 aromatic carbocycles. The number of likely N-dealkylation sites (tertiary alicyclic amines) is 1. The summed E-state index contributed by atoms with van der Waals surface area (Å²) in [6.07, 6.45) is 2.00. The van der Waals surface area contributed by atoms with Gasteiger partial charge in [-0.15, -0.1) is 11.3 Å². The van der Waals surface area contributed by atoms with Gasteiger partial charge in [-0.05, 0) is 37.8 Å². The average molecular weight is 332 g/mol. The first-order valence-electron chi connectivity index (χ1n) is 7.77. The van der Waals surface area contributed by atoms with Crippen LogP contribution in [0.5, 0.6) is 0 Å². The Morgan fingerprint density at radius 3 is 3.09 bits per heavy atom. The Morgan fingerprint density at radius 2 is 2.35 bits per heavy atom. The fourth-order valence-corrected chi connectivity index (χ4v) is 3.66. The SMILES string of the molecule is Cc1cc(=O)cc(C(=O)N[C@H]2CCCN(Cc3cccs3)C2)o1. The molecule has 1 N–H and O–H groups in total. The molecule has 0 unspecified atom stereocenters. The first-order chi connectivity index (χ1) is 11.1. The highest BCUT2D eigenvalue weighted by atomic mass is 32.1. The number of piperidine rings is 1. The fourth-order valence-electron chi connectivity index (χ4n) is 2.91. The van der Waals surface area contributed by atoms with Crippen LogP contribution in [0.25, 0.3) is 0 Å². The predicted octanol–water partition coefficient (Wildman–Crippen LogP) is 2.40. The molecule has 1 atom stereocenters. The Labute approximate surface area is 138 Å². The molecule has 3 heterocycles. The molecule has 1 aliphatic rings. The van der Waals surface area contributed by atoms with Crippen molar-refractivity contribution in [1.82, 2.24) is 10.2 Å². The Kier molecular flexibility index (Phi) is 4.93. The lowest BCUT2D eigenvalue weighted by Gasteiger charge is -2.32. The van der Waals surface area contributed by atoms with Crippen LogP contribution >= 0.6 is 11.3 Å². The molecule has 0 saturated carbocycles. The molecule has 0 spiro atoms. The van der Waals surface area contributed by atoms with Crippen LogP contribution in [-0.4, -0.2) is 29.9 Å². The number of nitrogens with one attached hydrogen (secondary N) is 1. The second-order valence-corrected chi connectivity index (χ2v) is 6.93. The van der Waals surface area contributed by atoms with E-state index in [1.807, 2.05) is 0 Å². The van der Waals surface area contributed by atoms with E-state index in [0.29, 0.717) is 5.76 Å². The van der Waals surface area contributed by atoms with Gasteiger partial charge in [0, 0.05) is 36.1 Å². The number of amides is 1. The summed E-state index contributed by atoms with van der Waals surface area (Å²) in [5.41, 5.74) is -0.207. The van der Waals surface area contributed by atoms with E-state index in [1.165, 1.54) is 17.0 Å². The number of carbonyl (C=O) groups excluding carboxylic acids is 1. The van der Waals surface area contributed by atoms with Crippen LogP contribution in [-0.2, 0) is 6.54 Å². The van der Waals surface area contributed by atoms with E-state index in [1.54, 1.807) is 18.3 Å². The van der Waals surface area contributed by atoms with E-state index in [9.17, 15) is 9.59 Å². The van der Waals surface area contributed by atoms with Crippen molar-refractivity contribution in [3.05, 3.63) is 56.3 Å². The molecule has 0 bridgehead atoms. The molecule has 2 aromatic rings. The van der Waals surface area contributed by atoms with Crippen molar-refractivity contribution >= 4 is 17.2 Å². The van der Waals surface area contributed by atoms with Gasteiger partial charge in [0.15, 0.2) is 11.2 Å². The van der Waals surface area contributed by atoms with Gasteiger partial charge in [-0.1, -0.05) is 6.07 Å².